The van der Waals surface area contributed by atoms with E-state index in [1.54, 1.807) is 27.4 Å². The van der Waals surface area contributed by atoms with Crippen molar-refractivity contribution in [1.82, 2.24) is 4.98 Å². The number of nitrogens with zero attached hydrogens (tertiary/aromatic N) is 1. The Morgan fingerprint density at radius 2 is 1.78 bits per heavy atom. The minimum absolute atomic E-state index is 0.525. The van der Waals surface area contributed by atoms with Crippen molar-refractivity contribution < 1.29 is 14.2 Å². The van der Waals surface area contributed by atoms with Crippen LogP contribution in [0.2, 0.25) is 0 Å². The van der Waals surface area contributed by atoms with Gasteiger partial charge in [0.15, 0.2) is 5.75 Å². The second kappa shape index (κ2) is 4.60. The first-order chi connectivity index (χ1) is 8.62. The molecule has 0 fully saturated rings. The highest BCUT2D eigenvalue weighted by Gasteiger charge is 2.16. The second-order valence-corrected chi connectivity index (χ2v) is 3.91. The number of aromatic nitrogens is 1. The zero-order chi connectivity index (χ0) is 13.3. The molecule has 0 radical (unpaired) electrons. The lowest BCUT2D eigenvalue weighted by atomic mass is 10.1. The summed E-state index contributed by atoms with van der Waals surface area (Å²) in [5, 5.41) is 0.843. The van der Waals surface area contributed by atoms with E-state index in [2.05, 4.69) is 4.98 Å². The van der Waals surface area contributed by atoms with Crippen molar-refractivity contribution in [1.29, 1.82) is 0 Å². The van der Waals surface area contributed by atoms with Gasteiger partial charge in [0.25, 0.3) is 0 Å². The van der Waals surface area contributed by atoms with Gasteiger partial charge in [-0.2, -0.15) is 0 Å². The number of anilines is 1. The lowest BCUT2D eigenvalue weighted by Crippen LogP contribution is -1.99. The average molecular weight is 248 g/mol. The van der Waals surface area contributed by atoms with E-state index in [1.165, 1.54) is 0 Å². The predicted octanol–water partition coefficient (Wildman–Crippen LogP) is 2.15. The lowest BCUT2D eigenvalue weighted by Gasteiger charge is -2.14. The molecule has 0 bridgehead atoms. The number of aryl methyl sites for hydroxylation is 1. The Labute approximate surface area is 105 Å². The molecule has 0 saturated carbocycles. The Balaban J connectivity index is 2.92. The molecule has 2 N–H and O–H groups in total. The molecule has 18 heavy (non-hydrogen) atoms. The Kier molecular flexibility index (Phi) is 3.14. The van der Waals surface area contributed by atoms with Crippen molar-refractivity contribution in [2.24, 2.45) is 0 Å². The highest BCUT2D eigenvalue weighted by Crippen LogP contribution is 2.40. The van der Waals surface area contributed by atoms with E-state index >= 15 is 0 Å². The summed E-state index contributed by atoms with van der Waals surface area (Å²) >= 11 is 0. The fraction of sp³-hybridized carbons (Fsp3) is 0.308. The largest absolute Gasteiger partial charge is 0.494 e. The van der Waals surface area contributed by atoms with E-state index in [-0.39, 0.29) is 0 Å². The molecule has 1 heterocycles. The first kappa shape index (κ1) is 12.3. The molecule has 0 amide bonds. The Morgan fingerprint density at radius 3 is 2.33 bits per heavy atom. The first-order valence-electron chi connectivity index (χ1n) is 5.48. The van der Waals surface area contributed by atoms with Crippen LogP contribution >= 0.6 is 0 Å². The van der Waals surface area contributed by atoms with E-state index in [0.717, 1.165) is 10.9 Å². The first-order valence-corrected chi connectivity index (χ1v) is 5.48. The summed E-state index contributed by atoms with van der Waals surface area (Å²) in [4.78, 5) is 4.39. The van der Waals surface area contributed by atoms with Gasteiger partial charge in [0.2, 0.25) is 5.88 Å². The van der Waals surface area contributed by atoms with Crippen molar-refractivity contribution in [3.8, 4) is 17.4 Å². The van der Waals surface area contributed by atoms with Crippen molar-refractivity contribution >= 4 is 16.6 Å². The van der Waals surface area contributed by atoms with Crippen LogP contribution in [0.15, 0.2) is 12.1 Å². The molecule has 0 unspecified atom stereocenters. The number of ether oxygens (including phenoxy) is 3. The van der Waals surface area contributed by atoms with E-state index < -0.39 is 0 Å². The topological polar surface area (TPSA) is 66.6 Å². The molecule has 1 aromatic heterocycles. The molecule has 1 aromatic carbocycles. The molecule has 0 atom stereocenters. The smallest absolute Gasteiger partial charge is 0.213 e. The van der Waals surface area contributed by atoms with Crippen LogP contribution in [-0.4, -0.2) is 26.3 Å². The highest BCUT2D eigenvalue weighted by atomic mass is 16.5. The van der Waals surface area contributed by atoms with Gasteiger partial charge in [-0.3, -0.25) is 0 Å². The van der Waals surface area contributed by atoms with Crippen molar-refractivity contribution in [3.63, 3.8) is 0 Å². The Hall–Kier alpha value is -2.17. The summed E-state index contributed by atoms with van der Waals surface area (Å²) in [5.74, 6) is 1.74. The Morgan fingerprint density at radius 1 is 1.06 bits per heavy atom. The van der Waals surface area contributed by atoms with Crippen LogP contribution in [0.5, 0.6) is 17.4 Å². The SMILES string of the molecule is COc1cc(C)c2c(OC)c(N)cc(OC)c2n1. The molecule has 5 heteroatoms. The predicted molar refractivity (Wildman–Crippen MR) is 70.5 cm³/mol. The van der Waals surface area contributed by atoms with Gasteiger partial charge < -0.3 is 19.9 Å². The molecule has 0 aliphatic heterocycles. The maximum Gasteiger partial charge on any atom is 0.213 e. The van der Waals surface area contributed by atoms with Gasteiger partial charge in [-0.05, 0) is 12.5 Å². The lowest BCUT2D eigenvalue weighted by molar-refractivity contribution is 0.394. The zero-order valence-corrected chi connectivity index (χ0v) is 10.9. The van der Waals surface area contributed by atoms with Crippen molar-refractivity contribution in [2.75, 3.05) is 27.1 Å². The molecule has 0 spiro atoms. The van der Waals surface area contributed by atoms with Crippen LogP contribution in [0.4, 0.5) is 5.69 Å². The molecule has 96 valence electrons. The summed E-state index contributed by atoms with van der Waals surface area (Å²) in [6, 6.07) is 3.54. The third-order valence-corrected chi connectivity index (χ3v) is 2.84. The summed E-state index contributed by atoms with van der Waals surface area (Å²) in [6.07, 6.45) is 0. The van der Waals surface area contributed by atoms with Crippen LogP contribution < -0.4 is 19.9 Å². The third kappa shape index (κ3) is 1.77. The van der Waals surface area contributed by atoms with E-state index in [9.17, 15) is 0 Å². The van der Waals surface area contributed by atoms with E-state index in [4.69, 9.17) is 19.9 Å². The van der Waals surface area contributed by atoms with Gasteiger partial charge in [-0.15, -0.1) is 0 Å². The number of nitrogen functional groups attached to an aromatic ring is 1. The number of benzene rings is 1. The molecule has 0 saturated heterocycles. The molecule has 2 aromatic rings. The average Bonchev–Trinajstić information content (AvgIpc) is 2.38. The number of fused-ring (bicyclic) bond motifs is 1. The third-order valence-electron chi connectivity index (χ3n) is 2.84. The maximum absolute atomic E-state index is 5.95. The molecular weight excluding hydrogens is 232 g/mol. The maximum atomic E-state index is 5.95. The van der Waals surface area contributed by atoms with Crippen LogP contribution in [0, 0.1) is 6.92 Å². The van der Waals surface area contributed by atoms with Crippen LogP contribution in [-0.2, 0) is 0 Å². The number of methoxy groups -OCH3 is 3. The minimum Gasteiger partial charge on any atom is -0.494 e. The zero-order valence-electron chi connectivity index (χ0n) is 10.9. The van der Waals surface area contributed by atoms with Gasteiger partial charge in [0.1, 0.15) is 11.3 Å². The summed E-state index contributed by atoms with van der Waals surface area (Å²) in [5.41, 5.74) is 8.13. The monoisotopic (exact) mass is 248 g/mol. The number of pyridine rings is 1. The van der Waals surface area contributed by atoms with Crippen molar-refractivity contribution in [3.05, 3.63) is 17.7 Å². The van der Waals surface area contributed by atoms with Crippen molar-refractivity contribution in [2.45, 2.75) is 6.92 Å². The van der Waals surface area contributed by atoms with Gasteiger partial charge in [-0.1, -0.05) is 0 Å². The minimum atomic E-state index is 0.525. The second-order valence-electron chi connectivity index (χ2n) is 3.91. The molecular formula is C13H16N2O3. The van der Waals surface area contributed by atoms with E-state index in [0.29, 0.717) is 28.6 Å². The normalized spacial score (nSPS) is 10.4. The fourth-order valence-electron chi connectivity index (χ4n) is 2.01. The summed E-state index contributed by atoms with van der Waals surface area (Å²) < 4.78 is 15.8. The standard InChI is InChI=1S/C13H16N2O3/c1-7-5-10(17-3)15-12-9(16-2)6-8(14)13(18-4)11(7)12/h5-6H,14H2,1-4H3. The number of nitrogens with two attached hydrogens (primary N) is 1. The Bertz CT molecular complexity index is 597. The molecule has 0 aliphatic carbocycles. The van der Waals surface area contributed by atoms with Gasteiger partial charge in [0, 0.05) is 12.1 Å². The van der Waals surface area contributed by atoms with Gasteiger partial charge >= 0.3 is 0 Å². The van der Waals surface area contributed by atoms with Crippen LogP contribution in [0.1, 0.15) is 5.56 Å². The van der Waals surface area contributed by atoms with Gasteiger partial charge in [-0.25, -0.2) is 4.98 Å². The molecule has 2 rings (SSSR count). The quantitative estimate of drug-likeness (QED) is 0.843. The summed E-state index contributed by atoms with van der Waals surface area (Å²) in [6.45, 7) is 1.95. The molecule has 5 nitrogen and oxygen atoms in total. The number of rotatable bonds is 3. The van der Waals surface area contributed by atoms with Gasteiger partial charge in [0.05, 0.1) is 32.4 Å². The molecule has 0 aliphatic rings. The highest BCUT2D eigenvalue weighted by molar-refractivity contribution is 5.97. The van der Waals surface area contributed by atoms with Crippen LogP contribution in [0.3, 0.4) is 0 Å². The van der Waals surface area contributed by atoms with E-state index in [1.807, 2.05) is 13.0 Å². The number of hydrogen-bond donors (Lipinski definition) is 1. The number of hydrogen-bond acceptors (Lipinski definition) is 5. The summed E-state index contributed by atoms with van der Waals surface area (Å²) in [7, 11) is 4.74. The van der Waals surface area contributed by atoms with Crippen LogP contribution in [0.25, 0.3) is 10.9 Å². The fourth-order valence-corrected chi connectivity index (χ4v) is 2.01.